The first-order valence-electron chi connectivity index (χ1n) is 5.15. The fourth-order valence-corrected chi connectivity index (χ4v) is 1.02. The van der Waals surface area contributed by atoms with Gasteiger partial charge in [0.25, 0.3) is 0 Å². The normalized spacial score (nSPS) is 13.3. The summed E-state index contributed by atoms with van der Waals surface area (Å²) in [6.45, 7) is 4.95. The van der Waals surface area contributed by atoms with E-state index in [1.165, 1.54) is 6.20 Å². The molecule has 1 atom stereocenters. The third kappa shape index (κ3) is 3.76. The van der Waals surface area contributed by atoms with E-state index in [-0.39, 0.29) is 11.8 Å². The largest absolute Gasteiger partial charge is 0.465 e. The van der Waals surface area contributed by atoms with Crippen LogP contribution in [0.5, 0.6) is 5.88 Å². The van der Waals surface area contributed by atoms with E-state index in [9.17, 15) is 13.2 Å². The van der Waals surface area contributed by atoms with E-state index in [0.29, 0.717) is 12.1 Å². The zero-order valence-corrected chi connectivity index (χ0v) is 9.80. The molecule has 7 heteroatoms. The number of ether oxygens (including phenoxy) is 1. The average molecular weight is 249 g/mol. The maximum absolute atomic E-state index is 12.3. The highest BCUT2D eigenvalue weighted by molar-refractivity contribution is 5.32. The van der Waals surface area contributed by atoms with E-state index in [4.69, 9.17) is 4.74 Å². The van der Waals surface area contributed by atoms with Crippen molar-refractivity contribution in [1.29, 1.82) is 0 Å². The van der Waals surface area contributed by atoms with Gasteiger partial charge in [0.1, 0.15) is 0 Å². The van der Waals surface area contributed by atoms with Crippen molar-refractivity contribution < 1.29 is 17.9 Å². The highest BCUT2D eigenvalue weighted by Gasteiger charge is 2.38. The summed E-state index contributed by atoms with van der Waals surface area (Å²) in [7, 11) is 0. The van der Waals surface area contributed by atoms with Gasteiger partial charge < -0.3 is 10.1 Å². The van der Waals surface area contributed by atoms with E-state index in [1.54, 1.807) is 6.92 Å². The van der Waals surface area contributed by atoms with E-state index >= 15 is 0 Å². The summed E-state index contributed by atoms with van der Waals surface area (Å²) >= 11 is 0. The van der Waals surface area contributed by atoms with Crippen molar-refractivity contribution in [3.8, 4) is 5.88 Å². The Kier molecular flexibility index (Phi) is 4.14. The Hall–Kier alpha value is -1.53. The van der Waals surface area contributed by atoms with Crippen LogP contribution in [0.2, 0.25) is 0 Å². The molecule has 0 spiro atoms. The van der Waals surface area contributed by atoms with Crippen LogP contribution >= 0.6 is 0 Å². The summed E-state index contributed by atoms with van der Waals surface area (Å²) < 4.78 is 41.8. The van der Waals surface area contributed by atoms with Crippen molar-refractivity contribution >= 4 is 5.95 Å². The number of aryl methyl sites for hydroxylation is 1. The van der Waals surface area contributed by atoms with Crippen LogP contribution in [-0.4, -0.2) is 28.8 Å². The van der Waals surface area contributed by atoms with Crippen molar-refractivity contribution in [3.63, 3.8) is 0 Å². The minimum absolute atomic E-state index is 0.0548. The van der Waals surface area contributed by atoms with Crippen LogP contribution in [0.1, 0.15) is 19.4 Å². The van der Waals surface area contributed by atoms with Gasteiger partial charge in [0.05, 0.1) is 0 Å². The van der Waals surface area contributed by atoms with Gasteiger partial charge in [-0.15, -0.1) is 0 Å². The Labute approximate surface area is 97.2 Å². The lowest BCUT2D eigenvalue weighted by atomic mass is 10.3. The highest BCUT2D eigenvalue weighted by atomic mass is 19.4. The highest BCUT2D eigenvalue weighted by Crippen LogP contribution is 2.25. The summed E-state index contributed by atoms with van der Waals surface area (Å²) in [5, 5.41) is 2.80. The van der Waals surface area contributed by atoms with Gasteiger partial charge in [0.2, 0.25) is 11.8 Å². The lowest BCUT2D eigenvalue weighted by molar-refractivity contribution is -0.190. The smallest absolute Gasteiger partial charge is 0.425 e. The van der Waals surface area contributed by atoms with Gasteiger partial charge in [0, 0.05) is 18.3 Å². The molecule has 4 nitrogen and oxygen atoms in total. The molecule has 0 saturated heterocycles. The Morgan fingerprint density at radius 2 is 2.12 bits per heavy atom. The maximum atomic E-state index is 12.3. The monoisotopic (exact) mass is 249 g/mol. The van der Waals surface area contributed by atoms with Crippen LogP contribution < -0.4 is 10.1 Å². The van der Waals surface area contributed by atoms with Gasteiger partial charge in [-0.25, -0.2) is 4.98 Å². The molecule has 96 valence electrons. The third-order valence-corrected chi connectivity index (χ3v) is 2.01. The third-order valence-electron chi connectivity index (χ3n) is 2.01. The van der Waals surface area contributed by atoms with Gasteiger partial charge >= 0.3 is 6.18 Å². The van der Waals surface area contributed by atoms with Crippen molar-refractivity contribution in [2.24, 2.45) is 0 Å². The molecule has 1 heterocycles. The summed E-state index contributed by atoms with van der Waals surface area (Å²) in [4.78, 5) is 7.79. The second kappa shape index (κ2) is 5.20. The molecule has 17 heavy (non-hydrogen) atoms. The van der Waals surface area contributed by atoms with E-state index < -0.39 is 12.3 Å². The minimum Gasteiger partial charge on any atom is -0.465 e. The number of alkyl halides is 3. The summed E-state index contributed by atoms with van der Waals surface area (Å²) in [5.74, 6) is 0.197. The predicted octanol–water partition coefficient (Wildman–Crippen LogP) is 2.55. The van der Waals surface area contributed by atoms with Crippen molar-refractivity contribution in [3.05, 3.63) is 11.8 Å². The van der Waals surface area contributed by atoms with Crippen LogP contribution in [0.3, 0.4) is 0 Å². The van der Waals surface area contributed by atoms with E-state index in [0.717, 1.165) is 6.92 Å². The molecule has 0 aliphatic rings. The summed E-state index contributed by atoms with van der Waals surface area (Å²) in [6, 6.07) is 0. The topological polar surface area (TPSA) is 47.0 Å². The first-order chi connectivity index (χ1) is 7.84. The van der Waals surface area contributed by atoms with Crippen molar-refractivity contribution in [2.75, 3.05) is 11.9 Å². The number of nitrogens with one attached hydrogen (secondary N) is 1. The second-order valence-electron chi connectivity index (χ2n) is 3.51. The molecule has 0 aliphatic carbocycles. The molecule has 0 aliphatic heterocycles. The Bertz CT molecular complexity index is 382. The van der Waals surface area contributed by atoms with Gasteiger partial charge in [-0.2, -0.15) is 18.2 Å². The standard InChI is InChI=1S/C10H14F3N3O/c1-4-14-9-15-5-6(2)8(16-9)17-7(3)10(11,12)13/h5,7H,4H2,1-3H3,(H,14,15,16). The number of halogens is 3. The van der Waals surface area contributed by atoms with Crippen LogP contribution in [0, 0.1) is 6.92 Å². The summed E-state index contributed by atoms with van der Waals surface area (Å²) in [6.07, 6.45) is -4.88. The molecule has 0 amide bonds. The Morgan fingerprint density at radius 1 is 1.47 bits per heavy atom. The van der Waals surface area contributed by atoms with E-state index in [1.807, 2.05) is 6.92 Å². The molecule has 1 aromatic heterocycles. The van der Waals surface area contributed by atoms with Gasteiger partial charge in [-0.3, -0.25) is 0 Å². The van der Waals surface area contributed by atoms with Gasteiger partial charge in [-0.1, -0.05) is 0 Å². The number of hydrogen-bond donors (Lipinski definition) is 1. The van der Waals surface area contributed by atoms with Crippen LogP contribution in [0.4, 0.5) is 19.1 Å². The number of anilines is 1. The lowest BCUT2D eigenvalue weighted by Gasteiger charge is -2.18. The molecule has 0 bridgehead atoms. The molecule has 1 unspecified atom stereocenters. The Morgan fingerprint density at radius 3 is 2.65 bits per heavy atom. The summed E-state index contributed by atoms with van der Waals surface area (Å²) in [5.41, 5.74) is 0.461. The van der Waals surface area contributed by atoms with Crippen molar-refractivity contribution in [2.45, 2.75) is 33.1 Å². The first kappa shape index (κ1) is 13.5. The van der Waals surface area contributed by atoms with Crippen LogP contribution in [0.15, 0.2) is 6.20 Å². The van der Waals surface area contributed by atoms with Crippen molar-refractivity contribution in [1.82, 2.24) is 9.97 Å². The molecule has 1 rings (SSSR count). The number of nitrogens with zero attached hydrogens (tertiary/aromatic N) is 2. The Balaban J connectivity index is 2.86. The molecule has 1 aromatic rings. The molecule has 0 saturated carbocycles. The SMILES string of the molecule is CCNc1ncc(C)c(OC(C)C(F)(F)F)n1. The number of rotatable bonds is 4. The second-order valence-corrected chi connectivity index (χ2v) is 3.51. The predicted molar refractivity (Wildman–Crippen MR) is 57.1 cm³/mol. The zero-order valence-electron chi connectivity index (χ0n) is 9.80. The average Bonchev–Trinajstić information content (AvgIpc) is 2.22. The first-order valence-corrected chi connectivity index (χ1v) is 5.15. The fourth-order valence-electron chi connectivity index (χ4n) is 1.02. The molecule has 1 N–H and O–H groups in total. The van der Waals surface area contributed by atoms with Crippen LogP contribution in [-0.2, 0) is 0 Å². The van der Waals surface area contributed by atoms with Crippen LogP contribution in [0.25, 0.3) is 0 Å². The molecule has 0 aromatic carbocycles. The molecular weight excluding hydrogens is 235 g/mol. The minimum atomic E-state index is -4.41. The fraction of sp³-hybridized carbons (Fsp3) is 0.600. The number of aromatic nitrogens is 2. The maximum Gasteiger partial charge on any atom is 0.425 e. The zero-order chi connectivity index (χ0) is 13.1. The lowest BCUT2D eigenvalue weighted by Crippen LogP contribution is -2.31. The number of hydrogen-bond acceptors (Lipinski definition) is 4. The quantitative estimate of drug-likeness (QED) is 0.890. The van der Waals surface area contributed by atoms with Gasteiger partial charge in [0.15, 0.2) is 6.10 Å². The molecule has 0 fully saturated rings. The molecule has 0 radical (unpaired) electrons. The molecular formula is C10H14F3N3O. The van der Waals surface area contributed by atoms with E-state index in [2.05, 4.69) is 15.3 Å². The van der Waals surface area contributed by atoms with Gasteiger partial charge in [-0.05, 0) is 20.8 Å².